The third-order valence-corrected chi connectivity index (χ3v) is 3.76. The van der Waals surface area contributed by atoms with Crippen molar-refractivity contribution in [3.63, 3.8) is 0 Å². The fourth-order valence-corrected chi connectivity index (χ4v) is 2.50. The summed E-state index contributed by atoms with van der Waals surface area (Å²) in [6.07, 6.45) is 4.92. The molecule has 0 atom stereocenters. The van der Waals surface area contributed by atoms with Gasteiger partial charge in [-0.2, -0.15) is 0 Å². The van der Waals surface area contributed by atoms with Crippen molar-refractivity contribution in [3.05, 3.63) is 47.7 Å². The average molecular weight is 251 g/mol. The molecule has 2 heterocycles. The number of rotatable bonds is 2. The highest BCUT2D eigenvalue weighted by molar-refractivity contribution is 5.82. The van der Waals surface area contributed by atoms with Crippen LogP contribution in [-0.4, -0.2) is 11.0 Å². The zero-order valence-electron chi connectivity index (χ0n) is 10.4. The molecule has 1 fully saturated rings. The highest BCUT2D eigenvalue weighted by Crippen LogP contribution is 2.40. The Hall–Kier alpha value is -2.16. The van der Waals surface area contributed by atoms with Gasteiger partial charge >= 0.3 is 5.97 Å². The summed E-state index contributed by atoms with van der Waals surface area (Å²) in [5.74, 6) is 1.22. The molecule has 1 aromatic heterocycles. The first kappa shape index (κ1) is 10.7. The molecule has 4 rings (SSSR count). The summed E-state index contributed by atoms with van der Waals surface area (Å²) in [7, 11) is 0. The first-order chi connectivity index (χ1) is 9.29. The molecule has 2 aliphatic rings. The zero-order valence-corrected chi connectivity index (χ0v) is 10.4. The molecule has 0 spiro atoms. The Kier molecular flexibility index (Phi) is 2.21. The van der Waals surface area contributed by atoms with E-state index < -0.39 is 0 Å². The van der Waals surface area contributed by atoms with E-state index in [9.17, 15) is 4.79 Å². The molecule has 94 valence electrons. The molecule has 0 saturated heterocycles. The van der Waals surface area contributed by atoms with Gasteiger partial charge < -0.3 is 4.74 Å². The quantitative estimate of drug-likeness (QED) is 0.608. The van der Waals surface area contributed by atoms with Crippen LogP contribution in [0.25, 0.3) is 11.3 Å². The van der Waals surface area contributed by atoms with Crippen LogP contribution >= 0.6 is 0 Å². The molecule has 3 heteroatoms. The summed E-state index contributed by atoms with van der Waals surface area (Å²) in [5, 5.41) is 0. The Bertz CT molecular complexity index is 657. The zero-order chi connectivity index (χ0) is 12.8. The van der Waals surface area contributed by atoms with Crippen molar-refractivity contribution in [2.24, 2.45) is 0 Å². The number of carbonyl (C=O) groups excluding carboxylic acids is 1. The van der Waals surface area contributed by atoms with E-state index in [4.69, 9.17) is 4.74 Å². The van der Waals surface area contributed by atoms with Crippen molar-refractivity contribution in [1.82, 2.24) is 4.98 Å². The smallest absolute Gasteiger partial charge is 0.315 e. The molecule has 1 saturated carbocycles. The number of esters is 1. The van der Waals surface area contributed by atoms with Gasteiger partial charge in [-0.05, 0) is 36.5 Å². The van der Waals surface area contributed by atoms with Crippen molar-refractivity contribution in [2.45, 2.75) is 25.2 Å². The van der Waals surface area contributed by atoms with E-state index in [1.165, 1.54) is 18.4 Å². The molecule has 0 amide bonds. The Morgan fingerprint density at radius 2 is 2.05 bits per heavy atom. The van der Waals surface area contributed by atoms with Crippen LogP contribution in [0.3, 0.4) is 0 Å². The molecular formula is C16H13NO2. The predicted octanol–water partition coefficient (Wildman–Crippen LogP) is 3.09. The van der Waals surface area contributed by atoms with Crippen molar-refractivity contribution >= 4 is 5.97 Å². The highest BCUT2D eigenvalue weighted by Gasteiger charge is 2.24. The molecule has 0 N–H and O–H groups in total. The van der Waals surface area contributed by atoms with E-state index in [1.807, 2.05) is 30.5 Å². The van der Waals surface area contributed by atoms with Gasteiger partial charge in [-0.3, -0.25) is 9.78 Å². The summed E-state index contributed by atoms with van der Waals surface area (Å²) < 4.78 is 5.17. The predicted molar refractivity (Wildman–Crippen MR) is 71.0 cm³/mol. The number of benzene rings is 1. The summed E-state index contributed by atoms with van der Waals surface area (Å²) in [6, 6.07) is 10.1. The van der Waals surface area contributed by atoms with Crippen LogP contribution in [0.1, 0.15) is 29.9 Å². The lowest BCUT2D eigenvalue weighted by Gasteiger charge is -2.04. The van der Waals surface area contributed by atoms with E-state index in [2.05, 4.69) is 11.1 Å². The lowest BCUT2D eigenvalue weighted by Crippen LogP contribution is -2.00. The van der Waals surface area contributed by atoms with Crippen molar-refractivity contribution in [2.75, 3.05) is 0 Å². The molecule has 0 radical (unpaired) electrons. The van der Waals surface area contributed by atoms with E-state index in [0.29, 0.717) is 12.2 Å². The first-order valence-electron chi connectivity index (χ1n) is 6.59. The summed E-state index contributed by atoms with van der Waals surface area (Å²) in [4.78, 5) is 15.8. The van der Waals surface area contributed by atoms with Gasteiger partial charge in [0, 0.05) is 17.3 Å². The summed E-state index contributed by atoms with van der Waals surface area (Å²) in [6.45, 7) is 0. The fraction of sp³-hybridized carbons (Fsp3) is 0.250. The largest absolute Gasteiger partial charge is 0.426 e. The monoisotopic (exact) mass is 251 g/mol. The highest BCUT2D eigenvalue weighted by atomic mass is 16.5. The third kappa shape index (κ3) is 1.91. The van der Waals surface area contributed by atoms with Crippen LogP contribution in [0, 0.1) is 0 Å². The topological polar surface area (TPSA) is 39.2 Å². The minimum Gasteiger partial charge on any atom is -0.426 e. The number of ether oxygens (including phenoxy) is 1. The van der Waals surface area contributed by atoms with Gasteiger partial charge in [0.15, 0.2) is 0 Å². The van der Waals surface area contributed by atoms with Crippen LogP contribution in [0.2, 0.25) is 0 Å². The molecule has 19 heavy (non-hydrogen) atoms. The maximum Gasteiger partial charge on any atom is 0.315 e. The second kappa shape index (κ2) is 3.92. The molecular weight excluding hydrogens is 238 g/mol. The Labute approximate surface area is 111 Å². The molecule has 1 aliphatic heterocycles. The molecule has 0 bridgehead atoms. The van der Waals surface area contributed by atoms with Crippen molar-refractivity contribution < 1.29 is 9.53 Å². The Balaban J connectivity index is 1.68. The Morgan fingerprint density at radius 1 is 1.16 bits per heavy atom. The number of nitrogens with zero attached hydrogens (tertiary/aromatic N) is 1. The standard InChI is InChI=1S/C16H13NO2/c18-16-8-12-4-3-11(7-15(12)19-16)14-6-5-13(9-17-14)10-1-2-10/h3-7,9-10H,1-2,8H2. The van der Waals surface area contributed by atoms with Crippen LogP contribution in [0.4, 0.5) is 0 Å². The van der Waals surface area contributed by atoms with Gasteiger partial charge in [0.2, 0.25) is 0 Å². The number of hydrogen-bond acceptors (Lipinski definition) is 3. The maximum atomic E-state index is 11.2. The van der Waals surface area contributed by atoms with E-state index in [1.54, 1.807) is 0 Å². The van der Waals surface area contributed by atoms with Gasteiger partial charge in [0.1, 0.15) is 5.75 Å². The van der Waals surface area contributed by atoms with Crippen LogP contribution in [-0.2, 0) is 11.2 Å². The van der Waals surface area contributed by atoms with Gasteiger partial charge in [-0.1, -0.05) is 18.2 Å². The Morgan fingerprint density at radius 3 is 2.79 bits per heavy atom. The van der Waals surface area contributed by atoms with Gasteiger partial charge in [-0.15, -0.1) is 0 Å². The number of pyridine rings is 1. The lowest BCUT2D eigenvalue weighted by atomic mass is 10.1. The van der Waals surface area contributed by atoms with E-state index >= 15 is 0 Å². The lowest BCUT2D eigenvalue weighted by molar-refractivity contribution is -0.131. The first-order valence-corrected chi connectivity index (χ1v) is 6.59. The molecule has 1 aromatic carbocycles. The van der Waals surface area contributed by atoms with E-state index in [0.717, 1.165) is 22.7 Å². The minimum absolute atomic E-state index is 0.177. The molecule has 0 unspecified atom stereocenters. The van der Waals surface area contributed by atoms with Gasteiger partial charge in [0.05, 0.1) is 12.1 Å². The second-order valence-electron chi connectivity index (χ2n) is 5.22. The summed E-state index contributed by atoms with van der Waals surface area (Å²) in [5.41, 5.74) is 4.21. The fourth-order valence-electron chi connectivity index (χ4n) is 2.50. The molecule has 2 aromatic rings. The maximum absolute atomic E-state index is 11.2. The second-order valence-corrected chi connectivity index (χ2v) is 5.22. The van der Waals surface area contributed by atoms with Crippen LogP contribution in [0.15, 0.2) is 36.5 Å². The normalized spacial score (nSPS) is 17.2. The van der Waals surface area contributed by atoms with Crippen LogP contribution in [0.5, 0.6) is 5.75 Å². The van der Waals surface area contributed by atoms with Gasteiger partial charge in [0.25, 0.3) is 0 Å². The van der Waals surface area contributed by atoms with Gasteiger partial charge in [-0.25, -0.2) is 0 Å². The number of hydrogen-bond donors (Lipinski definition) is 0. The summed E-state index contributed by atoms with van der Waals surface area (Å²) >= 11 is 0. The average Bonchev–Trinajstić information content (AvgIpc) is 3.20. The molecule has 3 nitrogen and oxygen atoms in total. The minimum atomic E-state index is -0.177. The SMILES string of the molecule is O=C1Cc2ccc(-c3ccc(C4CC4)cn3)cc2O1. The molecule has 1 aliphatic carbocycles. The number of fused-ring (bicyclic) bond motifs is 1. The van der Waals surface area contributed by atoms with E-state index in [-0.39, 0.29) is 5.97 Å². The van der Waals surface area contributed by atoms with Crippen molar-refractivity contribution in [3.8, 4) is 17.0 Å². The number of carbonyl (C=O) groups is 1. The third-order valence-electron chi connectivity index (χ3n) is 3.76. The van der Waals surface area contributed by atoms with Crippen molar-refractivity contribution in [1.29, 1.82) is 0 Å². The van der Waals surface area contributed by atoms with Crippen LogP contribution < -0.4 is 4.74 Å². The number of aromatic nitrogens is 1.